The van der Waals surface area contributed by atoms with E-state index in [0.29, 0.717) is 5.69 Å². The molecule has 23 heavy (non-hydrogen) atoms. The molecule has 9 nitrogen and oxygen atoms in total. The van der Waals surface area contributed by atoms with Gasteiger partial charge in [0.05, 0.1) is 9.82 Å². The molecular weight excluding hydrogens is 324 g/mol. The average molecular weight is 336 g/mol. The van der Waals surface area contributed by atoms with Crippen molar-refractivity contribution in [2.75, 3.05) is 5.32 Å². The number of rotatable bonds is 5. The Morgan fingerprint density at radius 1 is 1.00 bits per heavy atom. The Bertz CT molecular complexity index is 806. The molecule has 10 heteroatoms. The van der Waals surface area contributed by atoms with E-state index in [1.54, 1.807) is 30.3 Å². The zero-order chi connectivity index (χ0) is 16.9. The Morgan fingerprint density at radius 2 is 1.61 bits per heavy atom. The van der Waals surface area contributed by atoms with E-state index in [0.717, 1.165) is 24.3 Å². The summed E-state index contributed by atoms with van der Waals surface area (Å²) < 4.78 is 23.9. The Balaban J connectivity index is 1.98. The van der Waals surface area contributed by atoms with Gasteiger partial charge in [0.25, 0.3) is 15.7 Å². The normalized spacial score (nSPS) is 10.8. The highest BCUT2D eigenvalue weighted by atomic mass is 32.2. The topological polar surface area (TPSA) is 130 Å². The standard InChI is InChI=1S/C13H12N4O5S/c18-13(14-10-4-2-1-3-5-10)15-16-23(21,22)12-8-6-11(7-9-12)17(19)20/h1-9,16H,(H2,14,15,18). The minimum atomic E-state index is -4.03. The van der Waals surface area contributed by atoms with Gasteiger partial charge in [0.15, 0.2) is 0 Å². The number of hydrogen-bond donors (Lipinski definition) is 3. The molecule has 0 unspecified atom stereocenters. The van der Waals surface area contributed by atoms with Crippen LogP contribution in [-0.2, 0) is 10.0 Å². The summed E-state index contributed by atoms with van der Waals surface area (Å²) in [5.41, 5.74) is 2.23. The van der Waals surface area contributed by atoms with E-state index in [1.807, 2.05) is 10.3 Å². The highest BCUT2D eigenvalue weighted by Gasteiger charge is 2.16. The van der Waals surface area contributed by atoms with Gasteiger partial charge in [-0.25, -0.2) is 13.2 Å². The fraction of sp³-hybridized carbons (Fsp3) is 0. The molecule has 2 aromatic carbocycles. The van der Waals surface area contributed by atoms with Crippen LogP contribution in [0.15, 0.2) is 59.5 Å². The van der Waals surface area contributed by atoms with E-state index in [9.17, 15) is 23.3 Å². The maximum atomic E-state index is 11.9. The molecule has 3 N–H and O–H groups in total. The number of anilines is 1. The molecule has 2 aromatic rings. The first-order valence-electron chi connectivity index (χ1n) is 6.27. The molecule has 0 spiro atoms. The van der Waals surface area contributed by atoms with Crippen LogP contribution >= 0.6 is 0 Å². The van der Waals surface area contributed by atoms with Gasteiger partial charge in [-0.2, -0.15) is 0 Å². The summed E-state index contributed by atoms with van der Waals surface area (Å²) in [5, 5.41) is 12.9. The fourth-order valence-electron chi connectivity index (χ4n) is 1.60. The van der Waals surface area contributed by atoms with E-state index in [1.165, 1.54) is 0 Å². The van der Waals surface area contributed by atoms with Crippen molar-refractivity contribution in [1.29, 1.82) is 0 Å². The molecular formula is C13H12N4O5S. The summed E-state index contributed by atoms with van der Waals surface area (Å²) in [6.07, 6.45) is 0. The molecule has 0 bridgehead atoms. The number of sulfonamides is 1. The van der Waals surface area contributed by atoms with Gasteiger partial charge >= 0.3 is 6.03 Å². The Kier molecular flexibility index (Phi) is 4.88. The second kappa shape index (κ2) is 6.85. The molecule has 2 amide bonds. The summed E-state index contributed by atoms with van der Waals surface area (Å²) in [4.78, 5) is 23.1. The Labute approximate surface area is 131 Å². The molecule has 2 rings (SSSR count). The lowest BCUT2D eigenvalue weighted by molar-refractivity contribution is -0.384. The lowest BCUT2D eigenvalue weighted by atomic mass is 10.3. The zero-order valence-electron chi connectivity index (χ0n) is 11.6. The second-order valence-corrected chi connectivity index (χ2v) is 5.98. The van der Waals surface area contributed by atoms with Crippen LogP contribution in [0.3, 0.4) is 0 Å². The van der Waals surface area contributed by atoms with Gasteiger partial charge in [-0.1, -0.05) is 18.2 Å². The molecule has 0 radical (unpaired) electrons. The van der Waals surface area contributed by atoms with Crippen molar-refractivity contribution in [3.63, 3.8) is 0 Å². The van der Waals surface area contributed by atoms with Crippen molar-refractivity contribution in [3.8, 4) is 0 Å². The lowest BCUT2D eigenvalue weighted by Crippen LogP contribution is -2.43. The van der Waals surface area contributed by atoms with Gasteiger partial charge in [-0.05, 0) is 24.3 Å². The number of hydrazine groups is 1. The van der Waals surface area contributed by atoms with Crippen LogP contribution in [0.4, 0.5) is 16.2 Å². The minimum absolute atomic E-state index is 0.219. The van der Waals surface area contributed by atoms with Crippen LogP contribution in [0, 0.1) is 10.1 Å². The van der Waals surface area contributed by atoms with Crippen LogP contribution in [-0.4, -0.2) is 19.4 Å². The van der Waals surface area contributed by atoms with E-state index in [-0.39, 0.29) is 10.6 Å². The summed E-state index contributed by atoms with van der Waals surface area (Å²) >= 11 is 0. The van der Waals surface area contributed by atoms with Crippen LogP contribution in [0.2, 0.25) is 0 Å². The quantitative estimate of drug-likeness (QED) is 0.564. The van der Waals surface area contributed by atoms with Crippen LogP contribution < -0.4 is 15.6 Å². The largest absolute Gasteiger partial charge is 0.334 e. The molecule has 0 aliphatic carbocycles. The van der Waals surface area contributed by atoms with Crippen molar-refractivity contribution >= 4 is 27.4 Å². The third kappa shape index (κ3) is 4.49. The smallest absolute Gasteiger partial charge is 0.307 e. The predicted octanol–water partition coefficient (Wildman–Crippen LogP) is 1.61. The molecule has 0 aliphatic rings. The SMILES string of the molecule is O=C(NNS(=O)(=O)c1ccc([N+](=O)[O-])cc1)Nc1ccccc1. The van der Waals surface area contributed by atoms with Crippen LogP contribution in [0.25, 0.3) is 0 Å². The van der Waals surface area contributed by atoms with E-state index < -0.39 is 21.0 Å². The van der Waals surface area contributed by atoms with Gasteiger partial charge in [-0.15, -0.1) is 4.83 Å². The maximum absolute atomic E-state index is 11.9. The first-order chi connectivity index (χ1) is 10.9. The van der Waals surface area contributed by atoms with Crippen molar-refractivity contribution in [1.82, 2.24) is 10.3 Å². The Morgan fingerprint density at radius 3 is 2.17 bits per heavy atom. The fourth-order valence-corrected chi connectivity index (χ4v) is 2.44. The number of carbonyl (C=O) groups is 1. The summed E-state index contributed by atoms with van der Waals surface area (Å²) in [5.74, 6) is 0. The first-order valence-corrected chi connectivity index (χ1v) is 7.75. The van der Waals surface area contributed by atoms with Crippen molar-refractivity contribution in [3.05, 3.63) is 64.7 Å². The van der Waals surface area contributed by atoms with E-state index in [4.69, 9.17) is 0 Å². The molecule has 0 aromatic heterocycles. The number of nitrogens with zero attached hydrogens (tertiary/aromatic N) is 1. The van der Waals surface area contributed by atoms with Gasteiger partial charge in [-0.3, -0.25) is 15.5 Å². The molecule has 0 saturated heterocycles. The van der Waals surface area contributed by atoms with E-state index >= 15 is 0 Å². The van der Waals surface area contributed by atoms with Crippen molar-refractivity contribution in [2.24, 2.45) is 0 Å². The molecule has 0 aliphatic heterocycles. The Hall–Kier alpha value is -2.98. The van der Waals surface area contributed by atoms with Crippen LogP contribution in [0.5, 0.6) is 0 Å². The van der Waals surface area contributed by atoms with Gasteiger partial charge in [0.1, 0.15) is 0 Å². The van der Waals surface area contributed by atoms with Crippen molar-refractivity contribution < 1.29 is 18.1 Å². The maximum Gasteiger partial charge on any atom is 0.334 e. The third-order valence-electron chi connectivity index (χ3n) is 2.69. The number of nitrogens with one attached hydrogen (secondary N) is 3. The minimum Gasteiger partial charge on any atom is -0.307 e. The number of nitro benzene ring substituents is 1. The molecule has 120 valence electrons. The predicted molar refractivity (Wildman–Crippen MR) is 82.0 cm³/mol. The van der Waals surface area contributed by atoms with Gasteiger partial charge < -0.3 is 5.32 Å². The number of para-hydroxylation sites is 1. The van der Waals surface area contributed by atoms with Crippen molar-refractivity contribution in [2.45, 2.75) is 4.90 Å². The monoisotopic (exact) mass is 336 g/mol. The van der Waals surface area contributed by atoms with Crippen LogP contribution in [0.1, 0.15) is 0 Å². The highest BCUT2D eigenvalue weighted by Crippen LogP contribution is 2.15. The number of carbonyl (C=O) groups excluding carboxylic acids is 1. The number of non-ortho nitro benzene ring substituents is 1. The number of hydrogen-bond acceptors (Lipinski definition) is 5. The third-order valence-corrected chi connectivity index (χ3v) is 3.95. The molecule has 0 atom stereocenters. The number of benzene rings is 2. The summed E-state index contributed by atoms with van der Waals surface area (Å²) in [7, 11) is -4.03. The second-order valence-electron chi connectivity index (χ2n) is 4.30. The lowest BCUT2D eigenvalue weighted by Gasteiger charge is -2.09. The summed E-state index contributed by atoms with van der Waals surface area (Å²) in [6, 6.07) is 11.9. The molecule has 0 saturated carbocycles. The highest BCUT2D eigenvalue weighted by molar-refractivity contribution is 7.89. The van der Waals surface area contributed by atoms with Gasteiger partial charge in [0.2, 0.25) is 0 Å². The average Bonchev–Trinajstić information content (AvgIpc) is 2.54. The number of amides is 2. The number of nitro groups is 1. The first kappa shape index (κ1) is 16.4. The number of urea groups is 1. The van der Waals surface area contributed by atoms with Gasteiger partial charge in [0, 0.05) is 17.8 Å². The van der Waals surface area contributed by atoms with E-state index in [2.05, 4.69) is 5.32 Å². The molecule has 0 fully saturated rings. The summed E-state index contributed by atoms with van der Waals surface area (Å²) in [6.45, 7) is 0. The molecule has 0 heterocycles. The zero-order valence-corrected chi connectivity index (χ0v) is 12.4.